The van der Waals surface area contributed by atoms with E-state index in [1.54, 1.807) is 18.2 Å². The molecule has 0 amide bonds. The van der Waals surface area contributed by atoms with Gasteiger partial charge in [-0.15, -0.1) is 0 Å². The zero-order valence-corrected chi connectivity index (χ0v) is 18.6. The van der Waals surface area contributed by atoms with Crippen LogP contribution in [0.25, 0.3) is 17.5 Å². The second-order valence-electron chi connectivity index (χ2n) is 7.69. The molecule has 0 atom stereocenters. The quantitative estimate of drug-likeness (QED) is 0.300. The molecule has 2 aromatic heterocycles. The number of halogens is 1. The molecule has 7 nitrogen and oxygen atoms in total. The highest BCUT2D eigenvalue weighted by atomic mass is 19.1. The molecule has 2 aromatic carbocycles. The van der Waals surface area contributed by atoms with E-state index in [0.717, 1.165) is 22.5 Å². The summed E-state index contributed by atoms with van der Waals surface area (Å²) in [6, 6.07) is 14.0. The van der Waals surface area contributed by atoms with E-state index in [4.69, 9.17) is 9.26 Å². The third-order valence-electron chi connectivity index (χ3n) is 5.18. The van der Waals surface area contributed by atoms with Gasteiger partial charge in [-0.05, 0) is 56.7 Å². The topological polar surface area (TPSA) is 83.0 Å². The van der Waals surface area contributed by atoms with Gasteiger partial charge in [0.15, 0.2) is 6.61 Å². The number of hydrogen-bond acceptors (Lipinski definition) is 6. The molecule has 0 bridgehead atoms. The lowest BCUT2D eigenvalue weighted by Crippen LogP contribution is -2.04. The van der Waals surface area contributed by atoms with Crippen LogP contribution < -0.4 is 0 Å². The molecule has 0 aliphatic carbocycles. The molecule has 4 rings (SSSR count). The molecule has 2 heterocycles. The summed E-state index contributed by atoms with van der Waals surface area (Å²) in [6.45, 7) is 6.41. The van der Waals surface area contributed by atoms with Crippen LogP contribution in [-0.2, 0) is 22.7 Å². The smallest absolute Gasteiger partial charge is 0.331 e. The van der Waals surface area contributed by atoms with Crippen molar-refractivity contribution in [3.63, 3.8) is 0 Å². The molecule has 0 fully saturated rings. The van der Waals surface area contributed by atoms with E-state index in [9.17, 15) is 9.18 Å². The molecule has 0 aliphatic rings. The second-order valence-corrected chi connectivity index (χ2v) is 7.69. The predicted molar refractivity (Wildman–Crippen MR) is 121 cm³/mol. The summed E-state index contributed by atoms with van der Waals surface area (Å²) in [5, 5.41) is 8.42. The van der Waals surface area contributed by atoms with Crippen molar-refractivity contribution in [2.24, 2.45) is 0 Å². The summed E-state index contributed by atoms with van der Waals surface area (Å²) < 4.78 is 25.3. The van der Waals surface area contributed by atoms with Crippen LogP contribution in [0.2, 0.25) is 0 Å². The minimum atomic E-state index is -0.540. The number of rotatable bonds is 7. The molecular formula is C25H23FN4O3. The van der Waals surface area contributed by atoms with E-state index in [-0.39, 0.29) is 18.3 Å². The summed E-state index contributed by atoms with van der Waals surface area (Å²) in [5.41, 5.74) is 5.62. The number of esters is 1. The molecule has 0 radical (unpaired) electrons. The molecule has 0 saturated heterocycles. The third-order valence-corrected chi connectivity index (χ3v) is 5.18. The fraction of sp³-hybridized carbons (Fsp3) is 0.200. The van der Waals surface area contributed by atoms with Gasteiger partial charge in [0, 0.05) is 22.9 Å². The highest BCUT2D eigenvalue weighted by Gasteiger charge is 2.12. The summed E-state index contributed by atoms with van der Waals surface area (Å²) in [5.74, 6) is -0.450. The van der Waals surface area contributed by atoms with Gasteiger partial charge in [0.25, 0.3) is 5.89 Å². The number of aromatic nitrogens is 4. The Morgan fingerprint density at radius 2 is 1.82 bits per heavy atom. The average Bonchev–Trinajstić information content (AvgIpc) is 3.38. The van der Waals surface area contributed by atoms with Crippen molar-refractivity contribution in [2.45, 2.75) is 33.9 Å². The number of ether oxygens (including phenoxy) is 1. The highest BCUT2D eigenvalue weighted by Crippen LogP contribution is 2.18. The Morgan fingerprint density at radius 1 is 1.09 bits per heavy atom. The van der Waals surface area contributed by atoms with Gasteiger partial charge in [-0.3, -0.25) is 4.68 Å². The number of benzene rings is 2. The number of carbonyl (C=O) groups excluding carboxylic acids is 1. The van der Waals surface area contributed by atoms with Crippen LogP contribution in [0.15, 0.2) is 59.1 Å². The van der Waals surface area contributed by atoms with Crippen LogP contribution in [0.3, 0.4) is 0 Å². The van der Waals surface area contributed by atoms with Crippen molar-refractivity contribution >= 4 is 12.0 Å². The van der Waals surface area contributed by atoms with Gasteiger partial charge in [0.05, 0.1) is 12.2 Å². The molecule has 0 N–H and O–H groups in total. The molecule has 33 heavy (non-hydrogen) atoms. The van der Waals surface area contributed by atoms with E-state index in [1.807, 2.05) is 18.5 Å². The van der Waals surface area contributed by atoms with Crippen LogP contribution in [0.5, 0.6) is 0 Å². The van der Waals surface area contributed by atoms with Crippen molar-refractivity contribution in [3.8, 4) is 11.4 Å². The molecule has 0 aliphatic heterocycles. The van der Waals surface area contributed by atoms with Crippen molar-refractivity contribution in [1.29, 1.82) is 0 Å². The highest BCUT2D eigenvalue weighted by molar-refractivity contribution is 5.87. The SMILES string of the molecule is Cc1ccc(Cn2nc(C)c(/C=C/C(=O)OCc3nc(-c4ccc(F)cc4)no3)c2C)cc1. The van der Waals surface area contributed by atoms with E-state index in [1.165, 1.54) is 23.8 Å². The van der Waals surface area contributed by atoms with E-state index in [2.05, 4.69) is 46.4 Å². The first-order valence-corrected chi connectivity index (χ1v) is 10.4. The lowest BCUT2D eigenvalue weighted by Gasteiger charge is -2.05. The van der Waals surface area contributed by atoms with Crippen LogP contribution in [-0.4, -0.2) is 25.9 Å². The second kappa shape index (κ2) is 9.60. The first-order valence-electron chi connectivity index (χ1n) is 10.4. The first kappa shape index (κ1) is 22.1. The minimum Gasteiger partial charge on any atom is -0.452 e. The van der Waals surface area contributed by atoms with Gasteiger partial charge < -0.3 is 9.26 Å². The number of aryl methyl sites for hydroxylation is 2. The summed E-state index contributed by atoms with van der Waals surface area (Å²) in [4.78, 5) is 16.4. The largest absolute Gasteiger partial charge is 0.452 e. The van der Waals surface area contributed by atoms with Gasteiger partial charge in [0.1, 0.15) is 5.82 Å². The van der Waals surface area contributed by atoms with Gasteiger partial charge >= 0.3 is 5.97 Å². The van der Waals surface area contributed by atoms with Gasteiger partial charge in [-0.1, -0.05) is 35.0 Å². The monoisotopic (exact) mass is 446 g/mol. The minimum absolute atomic E-state index is 0.148. The van der Waals surface area contributed by atoms with Gasteiger partial charge in [-0.2, -0.15) is 10.1 Å². The van der Waals surface area contributed by atoms with Gasteiger partial charge in [0.2, 0.25) is 5.82 Å². The van der Waals surface area contributed by atoms with Gasteiger partial charge in [-0.25, -0.2) is 9.18 Å². The standard InChI is InChI=1S/C25H23FN4O3/c1-16-4-6-19(7-5-16)14-30-18(3)22(17(2)28-30)12-13-24(31)32-15-23-27-25(29-33-23)20-8-10-21(26)11-9-20/h4-13H,14-15H2,1-3H3/b13-12+. The van der Waals surface area contributed by atoms with Crippen molar-refractivity contribution in [2.75, 3.05) is 0 Å². The Labute approximate surface area is 190 Å². The Hall–Kier alpha value is -4.07. The van der Waals surface area contributed by atoms with Crippen LogP contribution in [0.4, 0.5) is 4.39 Å². The van der Waals surface area contributed by atoms with Crippen LogP contribution in [0, 0.1) is 26.6 Å². The zero-order chi connectivity index (χ0) is 23.4. The number of carbonyl (C=O) groups is 1. The Morgan fingerprint density at radius 3 is 2.55 bits per heavy atom. The predicted octanol–water partition coefficient (Wildman–Crippen LogP) is 4.80. The maximum absolute atomic E-state index is 13.0. The number of hydrogen-bond donors (Lipinski definition) is 0. The molecule has 0 unspecified atom stereocenters. The fourth-order valence-electron chi connectivity index (χ4n) is 3.33. The Bertz CT molecular complexity index is 1290. The lowest BCUT2D eigenvalue weighted by molar-refractivity contribution is -0.139. The Balaban J connectivity index is 1.36. The summed E-state index contributed by atoms with van der Waals surface area (Å²) in [7, 11) is 0. The molecular weight excluding hydrogens is 423 g/mol. The first-order chi connectivity index (χ1) is 15.9. The molecule has 0 saturated carbocycles. The number of nitrogens with zero attached hydrogens (tertiary/aromatic N) is 4. The van der Waals surface area contributed by atoms with Crippen LogP contribution in [0.1, 0.15) is 34.0 Å². The lowest BCUT2D eigenvalue weighted by atomic mass is 10.1. The maximum Gasteiger partial charge on any atom is 0.331 e. The van der Waals surface area contributed by atoms with Crippen molar-refractivity contribution < 1.29 is 18.4 Å². The van der Waals surface area contributed by atoms with Crippen molar-refractivity contribution in [3.05, 3.63) is 94.4 Å². The van der Waals surface area contributed by atoms with Crippen molar-refractivity contribution in [1.82, 2.24) is 19.9 Å². The zero-order valence-electron chi connectivity index (χ0n) is 18.6. The molecule has 168 valence electrons. The third kappa shape index (κ3) is 5.41. The fourth-order valence-corrected chi connectivity index (χ4v) is 3.33. The molecule has 8 heteroatoms. The normalized spacial score (nSPS) is 11.3. The summed E-state index contributed by atoms with van der Waals surface area (Å²) >= 11 is 0. The van der Waals surface area contributed by atoms with E-state index in [0.29, 0.717) is 17.9 Å². The van der Waals surface area contributed by atoms with Crippen LogP contribution >= 0.6 is 0 Å². The molecule has 0 spiro atoms. The van der Waals surface area contributed by atoms with E-state index < -0.39 is 5.97 Å². The Kier molecular flexibility index (Phi) is 6.44. The summed E-state index contributed by atoms with van der Waals surface area (Å²) in [6.07, 6.45) is 3.05. The molecule has 4 aromatic rings. The maximum atomic E-state index is 13.0. The average molecular weight is 446 g/mol. The van der Waals surface area contributed by atoms with E-state index >= 15 is 0 Å².